The van der Waals surface area contributed by atoms with Gasteiger partial charge in [-0.1, -0.05) is 42.5 Å². The molecule has 0 N–H and O–H groups in total. The molecule has 0 fully saturated rings. The lowest BCUT2D eigenvalue weighted by Crippen LogP contribution is -2.31. The molecule has 0 aliphatic carbocycles. The van der Waals surface area contributed by atoms with Crippen LogP contribution in [-0.2, 0) is 0 Å². The van der Waals surface area contributed by atoms with Gasteiger partial charge in [-0.2, -0.15) is 0 Å². The summed E-state index contributed by atoms with van der Waals surface area (Å²) in [4.78, 5) is 21.4. The zero-order valence-corrected chi connectivity index (χ0v) is 17.7. The van der Waals surface area contributed by atoms with Crippen LogP contribution < -0.4 is 19.3 Å². The van der Waals surface area contributed by atoms with Crippen molar-refractivity contribution >= 4 is 23.5 Å². The van der Waals surface area contributed by atoms with Crippen LogP contribution in [0.2, 0.25) is 0 Å². The highest BCUT2D eigenvalue weighted by molar-refractivity contribution is 6.06. The fourth-order valence-electron chi connectivity index (χ4n) is 3.30. The molecule has 158 valence electrons. The van der Waals surface area contributed by atoms with Gasteiger partial charge in [0.25, 0.3) is 5.91 Å². The Hall–Kier alpha value is -3.80. The van der Waals surface area contributed by atoms with E-state index in [9.17, 15) is 4.79 Å². The Morgan fingerprint density at radius 2 is 1.77 bits per heavy atom. The average molecular weight is 415 g/mol. The lowest BCUT2D eigenvalue weighted by molar-refractivity contribution is 0.0989. The van der Waals surface area contributed by atoms with Gasteiger partial charge >= 0.3 is 0 Å². The van der Waals surface area contributed by atoms with Crippen molar-refractivity contribution in [3.63, 3.8) is 0 Å². The molecule has 6 nitrogen and oxygen atoms in total. The van der Waals surface area contributed by atoms with Crippen LogP contribution in [0.1, 0.15) is 15.9 Å². The molecule has 1 aliphatic heterocycles. The number of carbonyl (C=O) groups excluding carboxylic acids is 1. The lowest BCUT2D eigenvalue weighted by Gasteiger charge is -2.25. The van der Waals surface area contributed by atoms with Crippen LogP contribution in [0, 0.1) is 0 Å². The lowest BCUT2D eigenvalue weighted by atomic mass is 10.1. The van der Waals surface area contributed by atoms with E-state index in [0.29, 0.717) is 36.8 Å². The van der Waals surface area contributed by atoms with Gasteiger partial charge in [-0.3, -0.25) is 4.79 Å². The Labute approximate surface area is 182 Å². The van der Waals surface area contributed by atoms with Crippen LogP contribution in [0.25, 0.3) is 6.08 Å². The normalized spacial score (nSPS) is 12.6. The number of ether oxygens (including phenoxy) is 2. The number of anilines is 2. The van der Waals surface area contributed by atoms with Crippen LogP contribution in [0.4, 0.5) is 11.5 Å². The highest BCUT2D eigenvalue weighted by Gasteiger charge is 2.20. The van der Waals surface area contributed by atoms with E-state index in [2.05, 4.69) is 4.98 Å². The molecule has 31 heavy (non-hydrogen) atoms. The molecule has 2 heterocycles. The Morgan fingerprint density at radius 1 is 1.00 bits per heavy atom. The fourth-order valence-corrected chi connectivity index (χ4v) is 3.30. The number of hydrogen-bond acceptors (Lipinski definition) is 5. The van der Waals surface area contributed by atoms with Gasteiger partial charge in [-0.05, 0) is 29.8 Å². The predicted octanol–water partition coefficient (Wildman–Crippen LogP) is 4.28. The van der Waals surface area contributed by atoms with E-state index in [1.54, 1.807) is 17.2 Å². The molecule has 3 aromatic rings. The van der Waals surface area contributed by atoms with E-state index in [4.69, 9.17) is 9.47 Å². The molecule has 0 atom stereocenters. The van der Waals surface area contributed by atoms with Crippen molar-refractivity contribution in [3.8, 4) is 11.5 Å². The van der Waals surface area contributed by atoms with Gasteiger partial charge < -0.3 is 19.3 Å². The number of benzene rings is 2. The van der Waals surface area contributed by atoms with Crippen LogP contribution in [0.15, 0.2) is 72.9 Å². The summed E-state index contributed by atoms with van der Waals surface area (Å²) in [5, 5.41) is 0. The molecule has 0 unspecified atom stereocenters. The topological polar surface area (TPSA) is 54.9 Å². The van der Waals surface area contributed by atoms with Gasteiger partial charge in [0.15, 0.2) is 11.5 Å². The molecule has 2 aromatic carbocycles. The summed E-state index contributed by atoms with van der Waals surface area (Å²) in [6.07, 6.45) is 5.60. The van der Waals surface area contributed by atoms with Crippen molar-refractivity contribution in [1.29, 1.82) is 0 Å². The van der Waals surface area contributed by atoms with E-state index >= 15 is 0 Å². The third-order valence-corrected chi connectivity index (χ3v) is 4.93. The fraction of sp³-hybridized carbons (Fsp3) is 0.200. The van der Waals surface area contributed by atoms with Crippen molar-refractivity contribution in [3.05, 3.63) is 84.1 Å². The summed E-state index contributed by atoms with van der Waals surface area (Å²) in [5.74, 6) is 2.01. The first kappa shape index (κ1) is 20.5. The summed E-state index contributed by atoms with van der Waals surface area (Å²) < 4.78 is 11.3. The molecule has 1 aromatic heterocycles. The first-order valence-corrected chi connectivity index (χ1v) is 10.2. The largest absolute Gasteiger partial charge is 0.486 e. The third kappa shape index (κ3) is 4.86. The number of rotatable bonds is 6. The highest BCUT2D eigenvalue weighted by Crippen LogP contribution is 2.34. The quantitative estimate of drug-likeness (QED) is 0.602. The average Bonchev–Trinajstić information content (AvgIpc) is 2.82. The standard InChI is InChI=1S/C25H25N3O3/c1-27(2)24-13-10-20(18-26-24)25(29)28(14-6-9-19-7-4-3-5-8-19)21-11-12-22-23(17-21)31-16-15-30-22/h3-13,17-18H,14-16H2,1-2H3/b9-6+. The van der Waals surface area contributed by atoms with Crippen LogP contribution in [0.5, 0.6) is 11.5 Å². The molecule has 0 spiro atoms. The number of fused-ring (bicyclic) bond motifs is 1. The summed E-state index contributed by atoms with van der Waals surface area (Å²) in [6.45, 7) is 1.43. The van der Waals surface area contributed by atoms with Crippen molar-refractivity contribution in [1.82, 2.24) is 4.98 Å². The smallest absolute Gasteiger partial charge is 0.260 e. The minimum Gasteiger partial charge on any atom is -0.486 e. The number of aromatic nitrogens is 1. The summed E-state index contributed by atoms with van der Waals surface area (Å²) in [5.41, 5.74) is 2.34. The van der Waals surface area contributed by atoms with E-state index in [1.807, 2.05) is 85.7 Å². The number of hydrogen-bond donors (Lipinski definition) is 0. The van der Waals surface area contributed by atoms with E-state index in [1.165, 1.54) is 0 Å². The van der Waals surface area contributed by atoms with Crippen LogP contribution in [0.3, 0.4) is 0 Å². The maximum Gasteiger partial charge on any atom is 0.260 e. The maximum atomic E-state index is 13.4. The molecule has 6 heteroatoms. The number of carbonyl (C=O) groups is 1. The molecule has 1 aliphatic rings. The van der Waals surface area contributed by atoms with Crippen molar-refractivity contribution in [2.24, 2.45) is 0 Å². The van der Waals surface area contributed by atoms with E-state index in [0.717, 1.165) is 17.1 Å². The van der Waals surface area contributed by atoms with Crippen molar-refractivity contribution in [2.75, 3.05) is 43.7 Å². The summed E-state index contributed by atoms with van der Waals surface area (Å²) in [6, 6.07) is 19.2. The molecule has 0 saturated carbocycles. The number of amides is 1. The Balaban J connectivity index is 1.63. The van der Waals surface area contributed by atoms with Crippen molar-refractivity contribution in [2.45, 2.75) is 0 Å². The number of pyridine rings is 1. The third-order valence-electron chi connectivity index (χ3n) is 4.93. The van der Waals surface area contributed by atoms with Gasteiger partial charge in [-0.15, -0.1) is 0 Å². The second-order valence-electron chi connectivity index (χ2n) is 7.36. The van der Waals surface area contributed by atoms with Gasteiger partial charge in [0.05, 0.1) is 5.56 Å². The van der Waals surface area contributed by atoms with Gasteiger partial charge in [0.1, 0.15) is 19.0 Å². The van der Waals surface area contributed by atoms with Gasteiger partial charge in [-0.25, -0.2) is 4.98 Å². The Bertz CT molecular complexity index is 1060. The minimum absolute atomic E-state index is 0.132. The predicted molar refractivity (Wildman–Crippen MR) is 123 cm³/mol. The zero-order valence-electron chi connectivity index (χ0n) is 17.7. The molecular weight excluding hydrogens is 390 g/mol. The van der Waals surface area contributed by atoms with Crippen LogP contribution in [-0.4, -0.2) is 44.7 Å². The van der Waals surface area contributed by atoms with Gasteiger partial charge in [0, 0.05) is 38.6 Å². The molecular formula is C25H25N3O3. The first-order chi connectivity index (χ1) is 15.1. The Morgan fingerprint density at radius 3 is 2.48 bits per heavy atom. The monoisotopic (exact) mass is 415 g/mol. The molecule has 0 radical (unpaired) electrons. The first-order valence-electron chi connectivity index (χ1n) is 10.2. The zero-order chi connectivity index (χ0) is 21.6. The van der Waals surface area contributed by atoms with Gasteiger partial charge in [0.2, 0.25) is 0 Å². The summed E-state index contributed by atoms with van der Waals surface area (Å²) >= 11 is 0. The molecule has 0 bridgehead atoms. The SMILES string of the molecule is CN(C)c1ccc(C(=O)N(C/C=C/c2ccccc2)c2ccc3c(c2)OCCO3)cn1. The minimum atomic E-state index is -0.132. The molecule has 4 rings (SSSR count). The highest BCUT2D eigenvalue weighted by atomic mass is 16.6. The second-order valence-corrected chi connectivity index (χ2v) is 7.36. The summed E-state index contributed by atoms with van der Waals surface area (Å²) in [7, 11) is 3.83. The van der Waals surface area contributed by atoms with Crippen LogP contribution >= 0.6 is 0 Å². The second kappa shape index (κ2) is 9.34. The Kier molecular flexibility index (Phi) is 6.17. The molecule has 0 saturated heterocycles. The van der Waals surface area contributed by atoms with E-state index in [-0.39, 0.29) is 5.91 Å². The molecule has 1 amide bonds. The van der Waals surface area contributed by atoms with Crippen molar-refractivity contribution < 1.29 is 14.3 Å². The van der Waals surface area contributed by atoms with E-state index < -0.39 is 0 Å². The number of nitrogens with zero attached hydrogens (tertiary/aromatic N) is 3. The maximum absolute atomic E-state index is 13.4.